The highest BCUT2D eigenvalue weighted by Gasteiger charge is 2.28. The molecule has 5 rings (SSSR count). The number of nitrogens with zero attached hydrogens (tertiary/aromatic N) is 5. The highest BCUT2D eigenvalue weighted by molar-refractivity contribution is 7.99. The number of carbonyl (C=O) groups excluding carboxylic acids is 1. The van der Waals surface area contributed by atoms with E-state index in [1.54, 1.807) is 38.1 Å². The van der Waals surface area contributed by atoms with Crippen LogP contribution in [0.2, 0.25) is 5.02 Å². The number of imidazole rings is 1. The number of aromatic nitrogens is 4. The molecule has 0 aliphatic heterocycles. The summed E-state index contributed by atoms with van der Waals surface area (Å²) in [5, 5.41) is 3.52. The number of pyridine rings is 2. The molecule has 1 fully saturated rings. The molecular formula is C25H24ClN5OS. The summed E-state index contributed by atoms with van der Waals surface area (Å²) in [6.45, 7) is 0. The van der Waals surface area contributed by atoms with Crippen LogP contribution in [0.1, 0.15) is 41.5 Å². The van der Waals surface area contributed by atoms with E-state index in [1.807, 2.05) is 30.3 Å². The van der Waals surface area contributed by atoms with E-state index in [0.717, 1.165) is 38.0 Å². The Morgan fingerprint density at radius 2 is 1.94 bits per heavy atom. The Hall–Kier alpha value is -2.90. The van der Waals surface area contributed by atoms with Crippen molar-refractivity contribution >= 4 is 40.2 Å². The van der Waals surface area contributed by atoms with Gasteiger partial charge in [-0.2, -0.15) is 0 Å². The number of rotatable bonds is 5. The van der Waals surface area contributed by atoms with Crippen LogP contribution < -0.4 is 0 Å². The van der Waals surface area contributed by atoms with E-state index in [9.17, 15) is 4.79 Å². The first kappa shape index (κ1) is 21.9. The summed E-state index contributed by atoms with van der Waals surface area (Å²) in [6.07, 6.45) is 5.28. The number of hydrogen-bond donors (Lipinski definition) is 0. The predicted octanol–water partition coefficient (Wildman–Crippen LogP) is 5.80. The van der Waals surface area contributed by atoms with E-state index in [-0.39, 0.29) is 5.91 Å². The first-order chi connectivity index (χ1) is 15.9. The van der Waals surface area contributed by atoms with Crippen molar-refractivity contribution in [2.24, 2.45) is 7.05 Å². The summed E-state index contributed by atoms with van der Waals surface area (Å²) in [6, 6.07) is 13.6. The maximum atomic E-state index is 12.3. The smallest absolute Gasteiger partial charge is 0.271 e. The van der Waals surface area contributed by atoms with Crippen LogP contribution in [0.3, 0.4) is 0 Å². The lowest BCUT2D eigenvalue weighted by Crippen LogP contribution is -2.22. The van der Waals surface area contributed by atoms with Gasteiger partial charge in [-0.3, -0.25) is 4.79 Å². The molecule has 1 amide bonds. The number of halogens is 1. The fraction of sp³-hybridized carbons (Fsp3) is 0.280. The highest BCUT2D eigenvalue weighted by atomic mass is 35.5. The Bertz CT molecular complexity index is 1350. The Morgan fingerprint density at radius 1 is 1.12 bits per heavy atom. The number of fused-ring (bicyclic) bond motifs is 1. The van der Waals surface area contributed by atoms with Crippen LogP contribution in [-0.2, 0) is 7.05 Å². The average Bonchev–Trinajstić information content (AvgIpc) is 3.08. The van der Waals surface area contributed by atoms with Crippen molar-refractivity contribution in [2.75, 3.05) is 14.1 Å². The molecule has 0 radical (unpaired) electrons. The first-order valence-corrected chi connectivity index (χ1v) is 12.1. The molecule has 0 atom stereocenters. The fourth-order valence-corrected chi connectivity index (χ4v) is 5.02. The molecule has 1 aromatic carbocycles. The molecular weight excluding hydrogens is 454 g/mol. The SMILES string of the molecule is CN(C)C(=O)c1ccc2cc(-c3nc(C4CCC4)n(C)c3Sc3ccc(Cl)cn3)ccc2n1. The van der Waals surface area contributed by atoms with E-state index in [1.165, 1.54) is 24.2 Å². The van der Waals surface area contributed by atoms with E-state index in [4.69, 9.17) is 16.6 Å². The predicted molar refractivity (Wildman–Crippen MR) is 132 cm³/mol. The van der Waals surface area contributed by atoms with Gasteiger partial charge in [0.05, 0.1) is 10.5 Å². The quantitative estimate of drug-likeness (QED) is 0.363. The van der Waals surface area contributed by atoms with Gasteiger partial charge in [0.15, 0.2) is 0 Å². The van der Waals surface area contributed by atoms with Crippen LogP contribution >= 0.6 is 23.4 Å². The summed E-state index contributed by atoms with van der Waals surface area (Å²) in [5.41, 5.74) is 3.19. The normalized spacial score (nSPS) is 13.8. The van der Waals surface area contributed by atoms with Gasteiger partial charge < -0.3 is 9.47 Å². The lowest BCUT2D eigenvalue weighted by molar-refractivity contribution is 0.0822. The molecule has 0 N–H and O–H groups in total. The molecule has 4 aromatic rings. The molecule has 1 saturated carbocycles. The van der Waals surface area contributed by atoms with Crippen molar-refractivity contribution in [2.45, 2.75) is 35.2 Å². The molecule has 0 saturated heterocycles. The fourth-order valence-electron chi connectivity index (χ4n) is 3.98. The van der Waals surface area contributed by atoms with Crippen LogP contribution in [0.5, 0.6) is 0 Å². The van der Waals surface area contributed by atoms with E-state index < -0.39 is 0 Å². The summed E-state index contributed by atoms with van der Waals surface area (Å²) < 4.78 is 2.21. The Labute approximate surface area is 202 Å². The minimum atomic E-state index is -0.106. The number of carbonyl (C=O) groups is 1. The third kappa shape index (κ3) is 4.23. The zero-order valence-corrected chi connectivity index (χ0v) is 20.3. The van der Waals surface area contributed by atoms with Crippen LogP contribution in [0.25, 0.3) is 22.2 Å². The van der Waals surface area contributed by atoms with Crippen molar-refractivity contribution in [1.82, 2.24) is 24.4 Å². The zero-order chi connectivity index (χ0) is 23.1. The van der Waals surface area contributed by atoms with Crippen LogP contribution in [0, 0.1) is 0 Å². The van der Waals surface area contributed by atoms with E-state index in [2.05, 4.69) is 27.6 Å². The van der Waals surface area contributed by atoms with Gasteiger partial charge in [-0.1, -0.05) is 30.2 Å². The number of benzene rings is 1. The third-order valence-corrected chi connectivity index (χ3v) is 7.37. The van der Waals surface area contributed by atoms with E-state index >= 15 is 0 Å². The molecule has 1 aliphatic carbocycles. The maximum Gasteiger partial charge on any atom is 0.271 e. The van der Waals surface area contributed by atoms with E-state index in [0.29, 0.717) is 16.6 Å². The van der Waals surface area contributed by atoms with Gasteiger partial charge in [0.25, 0.3) is 5.91 Å². The van der Waals surface area contributed by atoms with Crippen molar-refractivity contribution < 1.29 is 4.79 Å². The lowest BCUT2D eigenvalue weighted by atomic mass is 9.85. The van der Waals surface area contributed by atoms with Gasteiger partial charge in [-0.25, -0.2) is 15.0 Å². The van der Waals surface area contributed by atoms with Crippen molar-refractivity contribution in [3.8, 4) is 11.3 Å². The minimum absolute atomic E-state index is 0.106. The average molecular weight is 478 g/mol. The molecule has 0 unspecified atom stereocenters. The van der Waals surface area contributed by atoms with Crippen molar-refractivity contribution in [1.29, 1.82) is 0 Å². The Morgan fingerprint density at radius 3 is 2.61 bits per heavy atom. The first-order valence-electron chi connectivity index (χ1n) is 10.9. The second-order valence-corrected chi connectivity index (χ2v) is 9.98. The zero-order valence-electron chi connectivity index (χ0n) is 18.7. The Kier molecular flexibility index (Phi) is 5.85. The van der Waals surface area contributed by atoms with Crippen molar-refractivity contribution in [3.63, 3.8) is 0 Å². The van der Waals surface area contributed by atoms with Crippen molar-refractivity contribution in [3.05, 3.63) is 65.2 Å². The second-order valence-electron chi connectivity index (χ2n) is 8.53. The molecule has 1 aliphatic rings. The maximum absolute atomic E-state index is 12.3. The molecule has 8 heteroatoms. The second kappa shape index (κ2) is 8.80. The van der Waals surface area contributed by atoms with Crippen LogP contribution in [0.15, 0.2) is 58.7 Å². The molecule has 0 bridgehead atoms. The summed E-state index contributed by atoms with van der Waals surface area (Å²) in [4.78, 5) is 28.0. The number of hydrogen-bond acceptors (Lipinski definition) is 5. The largest absolute Gasteiger partial charge is 0.343 e. The molecule has 0 spiro atoms. The van der Waals surface area contributed by atoms with Gasteiger partial charge in [-0.15, -0.1) is 0 Å². The van der Waals surface area contributed by atoms with Gasteiger partial charge >= 0.3 is 0 Å². The van der Waals surface area contributed by atoms with Crippen LogP contribution in [0.4, 0.5) is 0 Å². The van der Waals surface area contributed by atoms with Gasteiger partial charge in [0, 0.05) is 44.2 Å². The summed E-state index contributed by atoms with van der Waals surface area (Å²) >= 11 is 7.63. The van der Waals surface area contributed by atoms with Gasteiger partial charge in [0.2, 0.25) is 0 Å². The minimum Gasteiger partial charge on any atom is -0.343 e. The van der Waals surface area contributed by atoms with Gasteiger partial charge in [0.1, 0.15) is 27.3 Å². The number of amides is 1. The third-order valence-electron chi connectivity index (χ3n) is 6.04. The lowest BCUT2D eigenvalue weighted by Gasteiger charge is -2.24. The highest BCUT2D eigenvalue weighted by Crippen LogP contribution is 2.42. The summed E-state index contributed by atoms with van der Waals surface area (Å²) in [5.74, 6) is 1.52. The van der Waals surface area contributed by atoms with Gasteiger partial charge in [-0.05, 0) is 54.9 Å². The summed E-state index contributed by atoms with van der Waals surface area (Å²) in [7, 11) is 5.55. The molecule has 6 nitrogen and oxygen atoms in total. The standard InChI is InChI=1S/C25H24ClN5OS/c1-30(2)24(32)20-11-7-16-13-17(8-10-19(16)28-20)22-25(33-21-12-9-18(26)14-27-21)31(3)23(29-22)15-5-4-6-15/h7-15H,4-6H2,1-3H3. The van der Waals surface area contributed by atoms with Crippen LogP contribution in [-0.4, -0.2) is 44.4 Å². The molecule has 168 valence electrons. The molecule has 33 heavy (non-hydrogen) atoms. The topological polar surface area (TPSA) is 63.9 Å². The Balaban J connectivity index is 1.57. The monoisotopic (exact) mass is 477 g/mol. The molecule has 3 heterocycles. The molecule has 3 aromatic heterocycles.